The van der Waals surface area contributed by atoms with Gasteiger partial charge in [-0.3, -0.25) is 9.59 Å². The number of esters is 2. The molecule has 3 rings (SSSR count). The van der Waals surface area contributed by atoms with E-state index in [1.807, 2.05) is 5.32 Å². The van der Waals surface area contributed by atoms with E-state index in [4.69, 9.17) is 14.6 Å². The number of hydrogen-bond donors (Lipinski definition) is 9. The molecule has 9 N–H and O–H groups in total. The van der Waals surface area contributed by atoms with Gasteiger partial charge in [0.2, 0.25) is 11.5 Å². The van der Waals surface area contributed by atoms with Crippen LogP contribution in [0.25, 0.3) is 0 Å². The number of benzene rings is 3. The van der Waals surface area contributed by atoms with Crippen molar-refractivity contribution in [1.29, 1.82) is 0 Å². The van der Waals surface area contributed by atoms with Gasteiger partial charge < -0.3 is 55.6 Å². The van der Waals surface area contributed by atoms with Crippen LogP contribution in [-0.2, 0) is 4.79 Å². The van der Waals surface area contributed by atoms with Crippen LogP contribution in [0.2, 0.25) is 0 Å². The number of ether oxygens (including phenoxy) is 2. The molecule has 1 amide bonds. The van der Waals surface area contributed by atoms with Crippen LogP contribution in [0.1, 0.15) is 31.1 Å². The standard InChI is InChI=1S/C23H17NO14/c25-11-2-9(3-12(26)18(11)31)22(35)38-16-6-10(4-14(28)20(16)33)23(36)37-15-5-8(1-13(27)19(15)32)21(34)24-7-17(29)30/h1-6,25-28,31-33H,7H2,(H,24,34)(H,29,30). The van der Waals surface area contributed by atoms with E-state index in [-0.39, 0.29) is 0 Å². The Labute approximate surface area is 210 Å². The number of aliphatic carboxylic acids is 1. The van der Waals surface area contributed by atoms with Crippen molar-refractivity contribution in [2.75, 3.05) is 6.54 Å². The van der Waals surface area contributed by atoms with Gasteiger partial charge in [-0.1, -0.05) is 0 Å². The molecule has 0 saturated heterocycles. The number of carboxylic acids is 1. The van der Waals surface area contributed by atoms with E-state index < -0.39 is 98.8 Å². The molecule has 0 bridgehead atoms. The summed E-state index contributed by atoms with van der Waals surface area (Å²) in [7, 11) is 0. The van der Waals surface area contributed by atoms with Gasteiger partial charge in [0.1, 0.15) is 6.54 Å². The molecule has 0 atom stereocenters. The number of carbonyl (C=O) groups is 4. The quantitative estimate of drug-likeness (QED) is 0.116. The van der Waals surface area contributed by atoms with Crippen molar-refractivity contribution >= 4 is 23.8 Å². The molecule has 0 heterocycles. The lowest BCUT2D eigenvalue weighted by Crippen LogP contribution is -2.29. The van der Waals surface area contributed by atoms with E-state index in [2.05, 4.69) is 0 Å². The zero-order valence-electron chi connectivity index (χ0n) is 18.7. The first kappa shape index (κ1) is 26.7. The zero-order valence-corrected chi connectivity index (χ0v) is 18.7. The number of carbonyl (C=O) groups excluding carboxylic acids is 3. The second kappa shape index (κ2) is 10.4. The van der Waals surface area contributed by atoms with Crippen molar-refractivity contribution in [2.45, 2.75) is 0 Å². The maximum absolute atomic E-state index is 12.7. The first-order chi connectivity index (χ1) is 17.8. The molecule has 198 valence electrons. The topological polar surface area (TPSA) is 261 Å². The summed E-state index contributed by atoms with van der Waals surface area (Å²) in [5, 5.41) is 79.0. The SMILES string of the molecule is O=C(O)CNC(=O)c1cc(O)c(O)c(OC(=O)c2cc(O)c(O)c(OC(=O)c3cc(O)c(O)c(O)c3)c2)c1. The van der Waals surface area contributed by atoms with Crippen LogP contribution in [-0.4, -0.2) is 71.2 Å². The van der Waals surface area contributed by atoms with Crippen molar-refractivity contribution in [1.82, 2.24) is 5.32 Å². The van der Waals surface area contributed by atoms with Crippen molar-refractivity contribution in [2.24, 2.45) is 0 Å². The Hall–Kier alpha value is -5.86. The summed E-state index contributed by atoms with van der Waals surface area (Å²) in [6.45, 7) is -0.771. The number of phenolic OH excluding ortho intramolecular Hbond substituents is 7. The molecule has 0 spiro atoms. The van der Waals surface area contributed by atoms with Crippen LogP contribution in [0.3, 0.4) is 0 Å². The molecule has 3 aromatic rings. The Kier molecular flexibility index (Phi) is 7.32. The molecule has 0 aliphatic rings. The Bertz CT molecular complexity index is 1460. The van der Waals surface area contributed by atoms with Crippen LogP contribution in [0.4, 0.5) is 0 Å². The molecule has 0 unspecified atom stereocenters. The Morgan fingerprint density at radius 2 is 0.947 bits per heavy atom. The number of amides is 1. The molecule has 0 fully saturated rings. The minimum absolute atomic E-state index is 0.395. The predicted octanol–water partition coefficient (Wildman–Crippen LogP) is 0.879. The van der Waals surface area contributed by atoms with Gasteiger partial charge in [0.05, 0.1) is 11.1 Å². The Morgan fingerprint density at radius 1 is 0.579 bits per heavy atom. The average molecular weight is 531 g/mol. The molecular weight excluding hydrogens is 514 g/mol. The number of carboxylic acid groups (broad SMARTS) is 1. The Balaban J connectivity index is 1.88. The molecule has 0 aliphatic carbocycles. The number of nitrogens with one attached hydrogen (secondary N) is 1. The molecule has 15 heteroatoms. The summed E-state index contributed by atoms with van der Waals surface area (Å²) < 4.78 is 9.83. The molecule has 15 nitrogen and oxygen atoms in total. The smallest absolute Gasteiger partial charge is 0.343 e. The first-order valence-corrected chi connectivity index (χ1v) is 10.1. The van der Waals surface area contributed by atoms with E-state index >= 15 is 0 Å². The molecule has 38 heavy (non-hydrogen) atoms. The monoisotopic (exact) mass is 531 g/mol. The zero-order chi connectivity index (χ0) is 28.3. The van der Waals surface area contributed by atoms with Crippen molar-refractivity contribution < 1.29 is 69.5 Å². The van der Waals surface area contributed by atoms with Crippen molar-refractivity contribution in [3.63, 3.8) is 0 Å². The highest BCUT2D eigenvalue weighted by Crippen LogP contribution is 2.40. The van der Waals surface area contributed by atoms with E-state index in [9.17, 15) is 54.9 Å². The number of hydrogen-bond acceptors (Lipinski definition) is 13. The van der Waals surface area contributed by atoms with Crippen LogP contribution in [0.15, 0.2) is 36.4 Å². The molecule has 3 aromatic carbocycles. The lowest BCUT2D eigenvalue weighted by atomic mass is 10.1. The predicted molar refractivity (Wildman–Crippen MR) is 121 cm³/mol. The fraction of sp³-hybridized carbons (Fsp3) is 0.0435. The summed E-state index contributed by atoms with van der Waals surface area (Å²) in [4.78, 5) is 47.7. The van der Waals surface area contributed by atoms with Gasteiger partial charge in [-0.25, -0.2) is 9.59 Å². The van der Waals surface area contributed by atoms with E-state index in [1.165, 1.54) is 0 Å². The second-order valence-electron chi connectivity index (χ2n) is 7.40. The van der Waals surface area contributed by atoms with Crippen LogP contribution < -0.4 is 14.8 Å². The third kappa shape index (κ3) is 5.68. The number of phenols is 7. The Morgan fingerprint density at radius 3 is 1.39 bits per heavy atom. The number of aromatic hydroxyl groups is 7. The minimum Gasteiger partial charge on any atom is -0.504 e. The van der Waals surface area contributed by atoms with Crippen LogP contribution in [0.5, 0.6) is 51.7 Å². The van der Waals surface area contributed by atoms with Gasteiger partial charge in [-0.2, -0.15) is 0 Å². The molecular formula is C23H17NO14. The van der Waals surface area contributed by atoms with E-state index in [1.54, 1.807) is 0 Å². The van der Waals surface area contributed by atoms with Gasteiger partial charge in [-0.15, -0.1) is 0 Å². The van der Waals surface area contributed by atoms with Gasteiger partial charge in [-0.05, 0) is 36.4 Å². The molecule has 0 saturated carbocycles. The average Bonchev–Trinajstić information content (AvgIpc) is 2.85. The fourth-order valence-corrected chi connectivity index (χ4v) is 2.89. The van der Waals surface area contributed by atoms with Crippen molar-refractivity contribution in [3.8, 4) is 51.7 Å². The summed E-state index contributed by atoms with van der Waals surface area (Å²) in [6.07, 6.45) is 0. The fourth-order valence-electron chi connectivity index (χ4n) is 2.89. The van der Waals surface area contributed by atoms with Crippen LogP contribution in [0, 0.1) is 0 Å². The second-order valence-corrected chi connectivity index (χ2v) is 7.40. The largest absolute Gasteiger partial charge is 0.504 e. The highest BCUT2D eigenvalue weighted by atomic mass is 16.5. The highest BCUT2D eigenvalue weighted by Gasteiger charge is 2.23. The maximum Gasteiger partial charge on any atom is 0.343 e. The molecule has 0 aliphatic heterocycles. The first-order valence-electron chi connectivity index (χ1n) is 10.1. The maximum atomic E-state index is 12.7. The molecule has 0 aromatic heterocycles. The van der Waals surface area contributed by atoms with E-state index in [0.29, 0.717) is 6.07 Å². The summed E-state index contributed by atoms with van der Waals surface area (Å²) in [5.74, 6) is -13.1. The van der Waals surface area contributed by atoms with Crippen LogP contribution >= 0.6 is 0 Å². The summed E-state index contributed by atoms with van der Waals surface area (Å²) in [5.41, 5.74) is -1.46. The third-order valence-corrected chi connectivity index (χ3v) is 4.72. The van der Waals surface area contributed by atoms with Gasteiger partial charge in [0.15, 0.2) is 40.2 Å². The van der Waals surface area contributed by atoms with Gasteiger partial charge in [0, 0.05) is 5.56 Å². The summed E-state index contributed by atoms with van der Waals surface area (Å²) in [6, 6.07) is 4.44. The normalized spacial score (nSPS) is 10.4. The highest BCUT2D eigenvalue weighted by molar-refractivity contribution is 5.98. The lowest BCUT2D eigenvalue weighted by Gasteiger charge is -2.12. The van der Waals surface area contributed by atoms with Crippen molar-refractivity contribution in [3.05, 3.63) is 53.1 Å². The minimum atomic E-state index is -1.37. The summed E-state index contributed by atoms with van der Waals surface area (Å²) >= 11 is 0. The third-order valence-electron chi connectivity index (χ3n) is 4.72. The molecule has 0 radical (unpaired) electrons. The van der Waals surface area contributed by atoms with Gasteiger partial charge >= 0.3 is 17.9 Å². The lowest BCUT2D eigenvalue weighted by molar-refractivity contribution is -0.135. The van der Waals surface area contributed by atoms with Gasteiger partial charge in [0.25, 0.3) is 5.91 Å². The number of rotatable bonds is 7. The van der Waals surface area contributed by atoms with E-state index in [0.717, 1.165) is 30.3 Å².